The third-order valence-electron chi connectivity index (χ3n) is 5.47. The van der Waals surface area contributed by atoms with Crippen molar-refractivity contribution >= 4 is 28.6 Å². The van der Waals surface area contributed by atoms with E-state index in [1.54, 1.807) is 0 Å². The summed E-state index contributed by atoms with van der Waals surface area (Å²) in [5.74, 6) is 2.18. The first-order valence-electron chi connectivity index (χ1n) is 10.4. The van der Waals surface area contributed by atoms with Crippen molar-refractivity contribution in [1.82, 2.24) is 0 Å². The molecule has 1 heterocycles. The van der Waals surface area contributed by atoms with Gasteiger partial charge < -0.3 is 0 Å². The van der Waals surface area contributed by atoms with E-state index in [1.165, 1.54) is 27.6 Å². The zero-order valence-corrected chi connectivity index (χ0v) is 21.0. The summed E-state index contributed by atoms with van der Waals surface area (Å²) in [5, 5.41) is 1.21. The van der Waals surface area contributed by atoms with Gasteiger partial charge in [0.1, 0.15) is 6.41 Å². The first-order chi connectivity index (χ1) is 13.1. The summed E-state index contributed by atoms with van der Waals surface area (Å²) >= 11 is 7.11. The number of hydrogen-bond donors (Lipinski definition) is 0. The largest absolute Gasteiger partial charge is 0.243 e. The molecule has 29 heavy (non-hydrogen) atoms. The van der Waals surface area contributed by atoms with Gasteiger partial charge in [-0.25, -0.2) is 4.74 Å². The van der Waals surface area contributed by atoms with Crippen molar-refractivity contribution in [2.45, 2.75) is 78.6 Å². The topological polar surface area (TPSA) is 12.4 Å². The molecule has 2 aromatic carbocycles. The SMILES string of the molecule is CC(C)(C)c1cc(C(C)(C)C)c(N=P2(Cl)C=C2c2ccccc2)c(C(C)(C)C)c1. The second kappa shape index (κ2) is 7.14. The lowest BCUT2D eigenvalue weighted by molar-refractivity contribution is 0.550. The quantitative estimate of drug-likeness (QED) is 0.423. The van der Waals surface area contributed by atoms with Crippen LogP contribution in [0.5, 0.6) is 0 Å². The van der Waals surface area contributed by atoms with Crippen LogP contribution < -0.4 is 0 Å². The van der Waals surface area contributed by atoms with Gasteiger partial charge in [-0.2, -0.15) is 0 Å². The first-order valence-corrected chi connectivity index (χ1v) is 13.1. The second-order valence-electron chi connectivity index (χ2n) is 11.3. The maximum Gasteiger partial charge on any atom is 0.110 e. The zero-order valence-electron chi connectivity index (χ0n) is 19.4. The van der Waals surface area contributed by atoms with Gasteiger partial charge >= 0.3 is 0 Å². The summed E-state index contributed by atoms with van der Waals surface area (Å²) in [5.41, 5.74) is 6.30. The summed E-state index contributed by atoms with van der Waals surface area (Å²) in [4.78, 5) is 0. The lowest BCUT2D eigenvalue weighted by Crippen LogP contribution is -2.21. The number of hydrogen-bond acceptors (Lipinski definition) is 1. The van der Waals surface area contributed by atoms with Crippen molar-refractivity contribution in [3.8, 4) is 0 Å². The Balaban J connectivity index is 2.26. The molecule has 0 aliphatic carbocycles. The molecule has 2 aromatic rings. The molecule has 0 fully saturated rings. The fourth-order valence-corrected chi connectivity index (χ4v) is 6.49. The van der Waals surface area contributed by atoms with Gasteiger partial charge in [0.05, 0.1) is 5.69 Å². The monoisotopic (exact) mass is 427 g/mol. The van der Waals surface area contributed by atoms with Crippen molar-refractivity contribution in [3.05, 3.63) is 70.5 Å². The van der Waals surface area contributed by atoms with Crippen LogP contribution in [-0.2, 0) is 16.2 Å². The summed E-state index contributed by atoms with van der Waals surface area (Å²) in [6.45, 7) is 20.5. The van der Waals surface area contributed by atoms with Crippen LogP contribution in [-0.4, -0.2) is 0 Å². The van der Waals surface area contributed by atoms with Crippen LogP contribution in [0.2, 0.25) is 0 Å². The molecule has 0 saturated carbocycles. The van der Waals surface area contributed by atoms with Gasteiger partial charge in [-0.3, -0.25) is 0 Å². The van der Waals surface area contributed by atoms with E-state index in [1.807, 2.05) is 6.07 Å². The van der Waals surface area contributed by atoms with Gasteiger partial charge in [-0.1, -0.05) is 116 Å². The molecule has 0 radical (unpaired) electrons. The van der Waals surface area contributed by atoms with Crippen LogP contribution in [0.25, 0.3) is 5.31 Å². The Labute approximate surface area is 182 Å². The minimum Gasteiger partial charge on any atom is -0.243 e. The normalized spacial score (nSPS) is 19.7. The molecule has 1 atom stereocenters. The Morgan fingerprint density at radius 1 is 0.724 bits per heavy atom. The Kier molecular flexibility index (Phi) is 5.51. The number of nitrogens with zero attached hydrogens (tertiary/aromatic N) is 1. The number of rotatable bonds is 2. The van der Waals surface area contributed by atoms with Crippen molar-refractivity contribution in [3.63, 3.8) is 0 Å². The van der Waals surface area contributed by atoms with Gasteiger partial charge in [-0.05, 0) is 44.3 Å². The van der Waals surface area contributed by atoms with Crippen LogP contribution in [0.1, 0.15) is 84.6 Å². The van der Waals surface area contributed by atoms with E-state index < -0.39 is 6.41 Å². The summed E-state index contributed by atoms with van der Waals surface area (Å²) in [6.07, 6.45) is -2.08. The molecule has 156 valence electrons. The van der Waals surface area contributed by atoms with E-state index in [0.29, 0.717) is 0 Å². The highest BCUT2D eigenvalue weighted by atomic mass is 35.7. The van der Waals surface area contributed by atoms with E-state index in [0.717, 1.165) is 5.69 Å². The van der Waals surface area contributed by atoms with Crippen molar-refractivity contribution in [1.29, 1.82) is 0 Å². The maximum atomic E-state index is 7.11. The third kappa shape index (κ3) is 4.73. The number of halogens is 1. The molecule has 1 unspecified atom stereocenters. The van der Waals surface area contributed by atoms with E-state index in [-0.39, 0.29) is 16.2 Å². The van der Waals surface area contributed by atoms with Crippen LogP contribution >= 0.6 is 17.6 Å². The van der Waals surface area contributed by atoms with Crippen LogP contribution in [0.4, 0.5) is 5.69 Å². The Hall–Kier alpha value is -1.30. The van der Waals surface area contributed by atoms with Gasteiger partial charge in [0, 0.05) is 5.31 Å². The fourth-order valence-electron chi connectivity index (χ4n) is 3.54. The molecular formula is C26H35ClNP. The van der Waals surface area contributed by atoms with Crippen molar-refractivity contribution < 1.29 is 0 Å². The zero-order chi connectivity index (χ0) is 21.8. The predicted molar refractivity (Wildman–Crippen MR) is 132 cm³/mol. The van der Waals surface area contributed by atoms with Gasteiger partial charge in [0.2, 0.25) is 0 Å². The van der Waals surface area contributed by atoms with Crippen LogP contribution in [0.15, 0.2) is 53.0 Å². The Morgan fingerprint density at radius 2 is 1.21 bits per heavy atom. The minimum atomic E-state index is -2.08. The molecule has 0 N–H and O–H groups in total. The highest BCUT2D eigenvalue weighted by molar-refractivity contribution is 8.07. The maximum absolute atomic E-state index is 7.11. The molecule has 1 aliphatic rings. The summed E-state index contributed by atoms with van der Waals surface area (Å²) in [6, 6.07) is 15.2. The molecule has 0 saturated heterocycles. The van der Waals surface area contributed by atoms with Gasteiger partial charge in [0.25, 0.3) is 0 Å². The van der Waals surface area contributed by atoms with E-state index in [4.69, 9.17) is 16.0 Å². The lowest BCUT2D eigenvalue weighted by Gasteiger charge is -2.32. The average Bonchev–Trinajstić information content (AvgIpc) is 3.24. The standard InChI is InChI=1S/C26H35ClNP/c1-24(2,3)19-15-20(25(4,5)6)23(21(16-19)26(7,8)9)28-29(27)17-22(29)18-13-11-10-12-14-18/h10-17H,1-9H3. The minimum absolute atomic E-state index is 0.0148. The van der Waals surface area contributed by atoms with Crippen molar-refractivity contribution in [2.24, 2.45) is 4.74 Å². The average molecular weight is 428 g/mol. The molecule has 3 rings (SSSR count). The van der Waals surface area contributed by atoms with E-state index in [2.05, 4.69) is 105 Å². The van der Waals surface area contributed by atoms with Crippen LogP contribution in [0.3, 0.4) is 0 Å². The molecule has 3 heteroatoms. The highest BCUT2D eigenvalue weighted by Crippen LogP contribution is 2.82. The summed E-state index contributed by atoms with van der Waals surface area (Å²) in [7, 11) is 0. The number of benzene rings is 2. The third-order valence-corrected chi connectivity index (χ3v) is 8.41. The lowest BCUT2D eigenvalue weighted by atomic mass is 9.74. The molecule has 1 nitrogen and oxygen atoms in total. The Bertz CT molecular complexity index is 974. The molecule has 1 aliphatic heterocycles. The second-order valence-corrected chi connectivity index (χ2v) is 14.9. The molecule has 0 aromatic heterocycles. The van der Waals surface area contributed by atoms with E-state index >= 15 is 0 Å². The van der Waals surface area contributed by atoms with E-state index in [9.17, 15) is 0 Å². The van der Waals surface area contributed by atoms with Crippen molar-refractivity contribution in [2.75, 3.05) is 0 Å². The van der Waals surface area contributed by atoms with Crippen LogP contribution in [0, 0.1) is 0 Å². The van der Waals surface area contributed by atoms with Gasteiger partial charge in [0.15, 0.2) is 0 Å². The molecular weight excluding hydrogens is 393 g/mol. The Morgan fingerprint density at radius 3 is 1.62 bits per heavy atom. The fraction of sp³-hybridized carbons (Fsp3) is 0.462. The molecule has 0 amide bonds. The molecule has 0 bridgehead atoms. The van der Waals surface area contributed by atoms with Gasteiger partial charge in [-0.15, -0.1) is 0 Å². The predicted octanol–water partition coefficient (Wildman–Crippen LogP) is 9.58. The highest BCUT2D eigenvalue weighted by Gasteiger charge is 2.37. The summed E-state index contributed by atoms with van der Waals surface area (Å²) < 4.78 is 5.30. The first kappa shape index (κ1) is 22.4. The molecule has 0 spiro atoms. The smallest absolute Gasteiger partial charge is 0.110 e.